The summed E-state index contributed by atoms with van der Waals surface area (Å²) in [6, 6.07) is -1.95. The monoisotopic (exact) mass is 391 g/mol. The van der Waals surface area contributed by atoms with Gasteiger partial charge in [0.05, 0.1) is 0 Å². The minimum absolute atomic E-state index is 0.135. The second kappa shape index (κ2) is 8.77. The highest BCUT2D eigenvalue weighted by Crippen LogP contribution is 2.39. The topological polar surface area (TPSA) is 3.24 Å². The SMILES string of the molecule is CCN(CC)[Si](CCC(F)(F)F)(CCC(F)(F)F)CCC(F)(F)F. The van der Waals surface area contributed by atoms with Crippen LogP contribution >= 0.6 is 0 Å². The van der Waals surface area contributed by atoms with Crippen molar-refractivity contribution in [2.24, 2.45) is 0 Å². The van der Waals surface area contributed by atoms with Crippen molar-refractivity contribution in [3.05, 3.63) is 0 Å². The van der Waals surface area contributed by atoms with E-state index in [1.807, 2.05) is 0 Å². The van der Waals surface area contributed by atoms with Crippen molar-refractivity contribution < 1.29 is 39.5 Å². The minimum Gasteiger partial charge on any atom is -0.324 e. The zero-order valence-electron chi connectivity index (χ0n) is 13.5. The Balaban J connectivity index is 5.52. The molecule has 0 N–H and O–H groups in total. The van der Waals surface area contributed by atoms with Crippen LogP contribution in [0.15, 0.2) is 0 Å². The Morgan fingerprint density at radius 1 is 0.583 bits per heavy atom. The Morgan fingerprint density at radius 2 is 0.833 bits per heavy atom. The van der Waals surface area contributed by atoms with Crippen LogP contribution < -0.4 is 0 Å². The number of nitrogens with zero attached hydrogens (tertiary/aromatic N) is 1. The van der Waals surface area contributed by atoms with E-state index in [4.69, 9.17) is 0 Å². The molecule has 0 saturated carbocycles. The number of rotatable bonds is 9. The minimum atomic E-state index is -4.61. The molecule has 11 heteroatoms. The van der Waals surface area contributed by atoms with Gasteiger partial charge in [-0.25, -0.2) is 0 Å². The van der Waals surface area contributed by atoms with Gasteiger partial charge in [0, 0.05) is 19.3 Å². The largest absolute Gasteiger partial charge is 0.388 e. The number of halogens is 9. The molecule has 0 spiro atoms. The first-order valence-electron chi connectivity index (χ1n) is 7.59. The van der Waals surface area contributed by atoms with E-state index in [1.54, 1.807) is 13.8 Å². The van der Waals surface area contributed by atoms with Gasteiger partial charge in [-0.1, -0.05) is 13.8 Å². The highest BCUT2D eigenvalue weighted by Gasteiger charge is 2.46. The molecule has 0 saturated heterocycles. The molecule has 0 radical (unpaired) electrons. The van der Waals surface area contributed by atoms with Crippen molar-refractivity contribution in [1.29, 1.82) is 0 Å². The molecule has 0 atom stereocenters. The summed E-state index contributed by atoms with van der Waals surface area (Å²) in [6.45, 7) is 3.35. The van der Waals surface area contributed by atoms with E-state index < -0.39 is 64.2 Å². The van der Waals surface area contributed by atoms with Gasteiger partial charge in [-0.2, -0.15) is 39.5 Å². The fourth-order valence-electron chi connectivity index (χ4n) is 2.87. The summed E-state index contributed by atoms with van der Waals surface area (Å²) < 4.78 is 115. The van der Waals surface area contributed by atoms with Crippen LogP contribution in [-0.4, -0.2) is 44.4 Å². The molecule has 146 valence electrons. The third-order valence-electron chi connectivity index (χ3n) is 4.06. The van der Waals surface area contributed by atoms with Crippen LogP contribution in [0.4, 0.5) is 39.5 Å². The average molecular weight is 391 g/mol. The molecular weight excluding hydrogens is 369 g/mol. The fourth-order valence-corrected chi connectivity index (χ4v) is 8.15. The third kappa shape index (κ3) is 9.75. The van der Waals surface area contributed by atoms with E-state index in [2.05, 4.69) is 0 Å². The highest BCUT2D eigenvalue weighted by atomic mass is 28.3. The maximum Gasteiger partial charge on any atom is 0.388 e. The maximum absolute atomic E-state index is 12.6. The number of hydrogen-bond donors (Lipinski definition) is 0. The van der Waals surface area contributed by atoms with Crippen LogP contribution in [0.1, 0.15) is 33.1 Å². The molecule has 0 aromatic heterocycles. The Morgan fingerprint density at radius 3 is 1.00 bits per heavy atom. The molecule has 0 aromatic rings. The van der Waals surface area contributed by atoms with Crippen LogP contribution in [0.25, 0.3) is 0 Å². The molecular formula is C13H22F9NSi. The molecule has 0 unspecified atom stereocenters. The second-order valence-corrected chi connectivity index (χ2v) is 10.3. The second-order valence-electron chi connectivity index (χ2n) is 5.74. The Kier molecular flexibility index (Phi) is 8.61. The molecule has 0 rings (SSSR count). The van der Waals surface area contributed by atoms with Crippen molar-refractivity contribution in [1.82, 2.24) is 4.57 Å². The first-order valence-corrected chi connectivity index (χ1v) is 10.2. The summed E-state index contributed by atoms with van der Waals surface area (Å²) in [7, 11) is -3.58. The van der Waals surface area contributed by atoms with Gasteiger partial charge >= 0.3 is 18.5 Å². The van der Waals surface area contributed by atoms with Gasteiger partial charge in [-0.15, -0.1) is 0 Å². The lowest BCUT2D eigenvalue weighted by Gasteiger charge is -2.42. The Hall–Kier alpha value is -0.453. The van der Waals surface area contributed by atoms with Crippen molar-refractivity contribution in [2.75, 3.05) is 13.1 Å². The zero-order chi connectivity index (χ0) is 19.2. The van der Waals surface area contributed by atoms with Crippen molar-refractivity contribution in [3.63, 3.8) is 0 Å². The Bertz CT molecular complexity index is 312. The van der Waals surface area contributed by atoms with Crippen molar-refractivity contribution in [2.45, 2.75) is 69.8 Å². The smallest absolute Gasteiger partial charge is 0.324 e. The van der Waals surface area contributed by atoms with Gasteiger partial charge < -0.3 is 4.57 Å². The summed E-state index contributed by atoms with van der Waals surface area (Å²) in [6.07, 6.45) is -17.9. The molecule has 0 bridgehead atoms. The number of alkyl halides is 9. The fraction of sp³-hybridized carbons (Fsp3) is 1.00. The quantitative estimate of drug-likeness (QED) is 0.338. The van der Waals surface area contributed by atoms with Gasteiger partial charge in [0.15, 0.2) is 0 Å². The molecule has 0 aliphatic rings. The lowest BCUT2D eigenvalue weighted by molar-refractivity contribution is -0.133. The van der Waals surface area contributed by atoms with Crippen LogP contribution in [0.2, 0.25) is 18.1 Å². The third-order valence-corrected chi connectivity index (χ3v) is 9.57. The predicted octanol–water partition coefficient (Wildman–Crippen LogP) is 6.13. The molecule has 1 nitrogen and oxygen atoms in total. The van der Waals surface area contributed by atoms with Crippen molar-refractivity contribution >= 4 is 8.24 Å². The summed E-state index contributed by atoms with van der Waals surface area (Å²) in [4.78, 5) is 0. The van der Waals surface area contributed by atoms with Crippen LogP contribution in [0, 0.1) is 0 Å². The molecule has 0 aromatic carbocycles. The molecule has 24 heavy (non-hydrogen) atoms. The van der Waals surface area contributed by atoms with E-state index in [-0.39, 0.29) is 13.1 Å². The van der Waals surface area contributed by atoms with Crippen LogP contribution in [0.5, 0.6) is 0 Å². The van der Waals surface area contributed by atoms with Gasteiger partial charge in [-0.3, -0.25) is 0 Å². The normalized spacial score (nSPS) is 14.5. The summed E-state index contributed by atoms with van der Waals surface area (Å²) in [5.74, 6) is 0. The van der Waals surface area contributed by atoms with Gasteiger partial charge in [-0.05, 0) is 31.2 Å². The first-order chi connectivity index (χ1) is 10.6. The van der Waals surface area contributed by atoms with Crippen LogP contribution in [-0.2, 0) is 0 Å². The maximum atomic E-state index is 12.6. The summed E-state index contributed by atoms with van der Waals surface area (Å²) in [5.41, 5.74) is 0. The van der Waals surface area contributed by atoms with Gasteiger partial charge in [0.25, 0.3) is 0 Å². The standard InChI is InChI=1S/C13H22F9NSi/c1-3-23(4-2)24(8-5-11(14,15)16,9-6-12(17,18)19)10-7-13(20,21)22/h3-10H2,1-2H3. The zero-order valence-corrected chi connectivity index (χ0v) is 14.5. The molecule has 0 heterocycles. The summed E-state index contributed by atoms with van der Waals surface area (Å²) in [5, 5.41) is 0. The predicted molar refractivity (Wildman–Crippen MR) is 75.1 cm³/mol. The van der Waals surface area contributed by atoms with Gasteiger partial charge in [0.1, 0.15) is 8.24 Å². The highest BCUT2D eigenvalue weighted by molar-refractivity contribution is 6.77. The molecule has 0 aliphatic heterocycles. The average Bonchev–Trinajstić information content (AvgIpc) is 2.38. The van der Waals surface area contributed by atoms with E-state index in [0.29, 0.717) is 0 Å². The van der Waals surface area contributed by atoms with E-state index >= 15 is 0 Å². The summed E-state index contributed by atoms with van der Waals surface area (Å²) >= 11 is 0. The van der Waals surface area contributed by atoms with Gasteiger partial charge in [0.2, 0.25) is 0 Å². The molecule has 0 amide bonds. The van der Waals surface area contributed by atoms with Crippen LogP contribution in [0.3, 0.4) is 0 Å². The van der Waals surface area contributed by atoms with E-state index in [0.717, 1.165) is 0 Å². The first kappa shape index (κ1) is 23.5. The Labute approximate surface area is 136 Å². The number of hydrogen-bond acceptors (Lipinski definition) is 1. The molecule has 0 fully saturated rings. The lowest BCUT2D eigenvalue weighted by Crippen LogP contribution is -2.54. The lowest BCUT2D eigenvalue weighted by atomic mass is 10.5. The van der Waals surface area contributed by atoms with E-state index in [9.17, 15) is 39.5 Å². The van der Waals surface area contributed by atoms with E-state index in [1.165, 1.54) is 4.57 Å². The van der Waals surface area contributed by atoms with Crippen molar-refractivity contribution in [3.8, 4) is 0 Å². The molecule has 0 aliphatic carbocycles.